The number of aryl methyl sites for hydroxylation is 1. The number of aromatic hydroxyl groups is 1. The van der Waals surface area contributed by atoms with Gasteiger partial charge in [0, 0.05) is 0 Å². The van der Waals surface area contributed by atoms with Gasteiger partial charge in [0.2, 0.25) is 11.7 Å². The molecule has 84 valence electrons. The lowest BCUT2D eigenvalue weighted by molar-refractivity contribution is 0.380. The topological polar surface area (TPSA) is 85.2 Å². The second-order valence-corrected chi connectivity index (χ2v) is 3.33. The maximum atomic E-state index is 13.6. The highest BCUT2D eigenvalue weighted by molar-refractivity contribution is 5.59. The van der Waals surface area contributed by atoms with Crippen LogP contribution in [0.4, 0.5) is 4.39 Å². The minimum Gasteiger partial charge on any atom is -0.508 e. The van der Waals surface area contributed by atoms with Crippen molar-refractivity contribution in [1.29, 1.82) is 0 Å². The quantitative estimate of drug-likeness (QED) is 0.802. The van der Waals surface area contributed by atoms with E-state index < -0.39 is 5.82 Å². The lowest BCUT2D eigenvalue weighted by Gasteiger charge is -2.02. The summed E-state index contributed by atoms with van der Waals surface area (Å²) in [6.07, 6.45) is 0. The van der Waals surface area contributed by atoms with E-state index in [2.05, 4.69) is 10.1 Å². The van der Waals surface area contributed by atoms with Gasteiger partial charge in [0.15, 0.2) is 0 Å². The first-order valence-corrected chi connectivity index (χ1v) is 4.64. The molecule has 0 saturated heterocycles. The summed E-state index contributed by atoms with van der Waals surface area (Å²) in [6, 6.07) is 2.47. The van der Waals surface area contributed by atoms with Crippen molar-refractivity contribution in [2.45, 2.75) is 13.5 Å². The lowest BCUT2D eigenvalue weighted by Crippen LogP contribution is -1.96. The van der Waals surface area contributed by atoms with E-state index in [4.69, 9.17) is 10.3 Å². The van der Waals surface area contributed by atoms with E-state index in [1.54, 1.807) is 6.92 Å². The number of benzene rings is 1. The molecule has 1 aromatic carbocycles. The molecule has 6 heteroatoms. The summed E-state index contributed by atoms with van der Waals surface area (Å²) in [5.74, 6) is -0.238. The second-order valence-electron chi connectivity index (χ2n) is 3.33. The maximum absolute atomic E-state index is 13.6. The van der Waals surface area contributed by atoms with Crippen molar-refractivity contribution in [1.82, 2.24) is 10.1 Å². The average Bonchev–Trinajstić information content (AvgIpc) is 2.71. The number of phenols is 1. The van der Waals surface area contributed by atoms with E-state index in [0.29, 0.717) is 5.56 Å². The van der Waals surface area contributed by atoms with Crippen LogP contribution in [0, 0.1) is 12.7 Å². The standard InChI is InChI=1S/C10H10FN3O2/c1-5-2-7(11)6(3-8(5)15)10-13-9(4-12)16-14-10/h2-3,15H,4,12H2,1H3. The van der Waals surface area contributed by atoms with Crippen LogP contribution in [-0.4, -0.2) is 15.2 Å². The lowest BCUT2D eigenvalue weighted by atomic mass is 10.1. The molecule has 2 aromatic rings. The first kappa shape index (κ1) is 10.6. The van der Waals surface area contributed by atoms with Crippen LogP contribution < -0.4 is 5.73 Å². The van der Waals surface area contributed by atoms with Crippen LogP contribution >= 0.6 is 0 Å². The van der Waals surface area contributed by atoms with E-state index in [-0.39, 0.29) is 29.6 Å². The molecule has 1 heterocycles. The zero-order chi connectivity index (χ0) is 11.7. The largest absolute Gasteiger partial charge is 0.508 e. The van der Waals surface area contributed by atoms with Crippen molar-refractivity contribution in [3.63, 3.8) is 0 Å². The highest BCUT2D eigenvalue weighted by Crippen LogP contribution is 2.27. The highest BCUT2D eigenvalue weighted by atomic mass is 19.1. The van der Waals surface area contributed by atoms with Crippen molar-refractivity contribution in [2.75, 3.05) is 0 Å². The van der Waals surface area contributed by atoms with Gasteiger partial charge in [0.25, 0.3) is 0 Å². The molecule has 3 N–H and O–H groups in total. The molecule has 0 amide bonds. The molecule has 0 radical (unpaired) electrons. The van der Waals surface area contributed by atoms with Crippen molar-refractivity contribution < 1.29 is 14.0 Å². The monoisotopic (exact) mass is 223 g/mol. The van der Waals surface area contributed by atoms with Crippen LogP contribution in [0.5, 0.6) is 5.75 Å². The number of aromatic nitrogens is 2. The maximum Gasteiger partial charge on any atom is 0.240 e. The van der Waals surface area contributed by atoms with E-state index in [1.165, 1.54) is 12.1 Å². The Kier molecular flexibility index (Phi) is 2.57. The molecular formula is C10H10FN3O2. The van der Waals surface area contributed by atoms with Gasteiger partial charge in [-0.2, -0.15) is 4.98 Å². The summed E-state index contributed by atoms with van der Waals surface area (Å²) in [5.41, 5.74) is 5.83. The number of hydrogen-bond acceptors (Lipinski definition) is 5. The number of hydrogen-bond donors (Lipinski definition) is 2. The summed E-state index contributed by atoms with van der Waals surface area (Å²) < 4.78 is 18.3. The molecule has 5 nitrogen and oxygen atoms in total. The first-order chi connectivity index (χ1) is 7.61. The Morgan fingerprint density at radius 2 is 2.25 bits per heavy atom. The molecule has 0 aliphatic rings. The SMILES string of the molecule is Cc1cc(F)c(-c2noc(CN)n2)cc1O. The van der Waals surface area contributed by atoms with Gasteiger partial charge in [-0.25, -0.2) is 4.39 Å². The minimum atomic E-state index is -0.514. The van der Waals surface area contributed by atoms with Gasteiger partial charge >= 0.3 is 0 Å². The first-order valence-electron chi connectivity index (χ1n) is 4.64. The van der Waals surface area contributed by atoms with Gasteiger partial charge in [0.1, 0.15) is 11.6 Å². The molecule has 0 atom stereocenters. The van der Waals surface area contributed by atoms with Crippen molar-refractivity contribution in [2.24, 2.45) is 5.73 Å². The summed E-state index contributed by atoms with van der Waals surface area (Å²) in [4.78, 5) is 3.88. The highest BCUT2D eigenvalue weighted by Gasteiger charge is 2.14. The third kappa shape index (κ3) is 1.74. The zero-order valence-corrected chi connectivity index (χ0v) is 8.57. The van der Waals surface area contributed by atoms with E-state index >= 15 is 0 Å². The fraction of sp³-hybridized carbons (Fsp3) is 0.200. The Morgan fingerprint density at radius 3 is 2.88 bits per heavy atom. The van der Waals surface area contributed by atoms with Crippen molar-refractivity contribution >= 4 is 0 Å². The summed E-state index contributed by atoms with van der Waals surface area (Å²) in [5, 5.41) is 13.0. The van der Waals surface area contributed by atoms with Crippen molar-refractivity contribution in [3.05, 3.63) is 29.4 Å². The van der Waals surface area contributed by atoms with Crippen LogP contribution in [0.2, 0.25) is 0 Å². The molecule has 0 aliphatic heterocycles. The molecule has 0 saturated carbocycles. The molecule has 0 bridgehead atoms. The smallest absolute Gasteiger partial charge is 0.240 e. The number of rotatable bonds is 2. The van der Waals surface area contributed by atoms with Crippen LogP contribution in [0.3, 0.4) is 0 Å². The fourth-order valence-corrected chi connectivity index (χ4v) is 1.28. The summed E-state index contributed by atoms with van der Waals surface area (Å²) >= 11 is 0. The average molecular weight is 223 g/mol. The van der Waals surface area contributed by atoms with Gasteiger partial charge in [-0.05, 0) is 24.6 Å². The van der Waals surface area contributed by atoms with Gasteiger partial charge in [-0.1, -0.05) is 5.16 Å². The fourth-order valence-electron chi connectivity index (χ4n) is 1.28. The Balaban J connectivity index is 2.51. The number of nitrogens with two attached hydrogens (primary N) is 1. The molecule has 0 unspecified atom stereocenters. The van der Waals surface area contributed by atoms with Gasteiger partial charge in [-0.3, -0.25) is 0 Å². The Labute approximate surface area is 90.7 Å². The number of nitrogens with zero attached hydrogens (tertiary/aromatic N) is 2. The van der Waals surface area contributed by atoms with E-state index in [0.717, 1.165) is 0 Å². The van der Waals surface area contributed by atoms with Gasteiger partial charge < -0.3 is 15.4 Å². The third-order valence-corrected chi connectivity index (χ3v) is 2.17. The molecule has 0 spiro atoms. The molecule has 0 aliphatic carbocycles. The molecular weight excluding hydrogens is 213 g/mol. The zero-order valence-electron chi connectivity index (χ0n) is 8.57. The third-order valence-electron chi connectivity index (χ3n) is 2.17. The molecule has 2 rings (SSSR count). The number of phenolic OH excluding ortho intramolecular Hbond substituents is 1. The van der Waals surface area contributed by atoms with Crippen LogP contribution in [-0.2, 0) is 6.54 Å². The van der Waals surface area contributed by atoms with Crippen LogP contribution in [0.1, 0.15) is 11.5 Å². The predicted molar refractivity (Wildman–Crippen MR) is 54.0 cm³/mol. The summed E-state index contributed by atoms with van der Waals surface area (Å²) in [6.45, 7) is 1.69. The molecule has 16 heavy (non-hydrogen) atoms. The normalized spacial score (nSPS) is 10.7. The molecule has 1 aromatic heterocycles. The van der Waals surface area contributed by atoms with Crippen LogP contribution in [0.15, 0.2) is 16.7 Å². The van der Waals surface area contributed by atoms with Crippen LogP contribution in [0.25, 0.3) is 11.4 Å². The summed E-state index contributed by atoms with van der Waals surface area (Å²) in [7, 11) is 0. The van der Waals surface area contributed by atoms with Gasteiger partial charge in [0.05, 0.1) is 12.1 Å². The van der Waals surface area contributed by atoms with E-state index in [9.17, 15) is 9.50 Å². The van der Waals surface area contributed by atoms with E-state index in [1.807, 2.05) is 0 Å². The van der Waals surface area contributed by atoms with Gasteiger partial charge in [-0.15, -0.1) is 0 Å². The van der Waals surface area contributed by atoms with Crippen molar-refractivity contribution in [3.8, 4) is 17.1 Å². The number of halogens is 1. The molecule has 0 fully saturated rings. The predicted octanol–water partition coefficient (Wildman–Crippen LogP) is 1.35. The second kappa shape index (κ2) is 3.90. The Bertz CT molecular complexity index is 525. The Morgan fingerprint density at radius 1 is 1.50 bits per heavy atom. The Hall–Kier alpha value is -1.95. The minimum absolute atomic E-state index is 0.0181.